The van der Waals surface area contributed by atoms with Gasteiger partial charge in [0.2, 0.25) is 5.91 Å². The summed E-state index contributed by atoms with van der Waals surface area (Å²) in [4.78, 5) is 24.0. The zero-order chi connectivity index (χ0) is 18.9. The van der Waals surface area contributed by atoms with E-state index in [9.17, 15) is 9.59 Å². The van der Waals surface area contributed by atoms with Crippen molar-refractivity contribution in [3.05, 3.63) is 65.9 Å². The fraction of sp³-hybridized carbons (Fsp3) is 0.238. The lowest BCUT2D eigenvalue weighted by Crippen LogP contribution is -2.28. The normalized spacial score (nSPS) is 11.2. The highest BCUT2D eigenvalue weighted by molar-refractivity contribution is 6.08. The van der Waals surface area contributed by atoms with Crippen molar-refractivity contribution in [1.29, 1.82) is 0 Å². The summed E-state index contributed by atoms with van der Waals surface area (Å²) in [7, 11) is 0. The second kappa shape index (κ2) is 9.42. The van der Waals surface area contributed by atoms with Gasteiger partial charge in [-0.15, -0.1) is 0 Å². The Balaban J connectivity index is 2.15. The van der Waals surface area contributed by atoms with Crippen LogP contribution in [0.1, 0.15) is 26.3 Å². The Morgan fingerprint density at radius 2 is 1.81 bits per heavy atom. The van der Waals surface area contributed by atoms with E-state index in [1.807, 2.05) is 42.5 Å². The van der Waals surface area contributed by atoms with E-state index in [-0.39, 0.29) is 11.6 Å². The Kier molecular flexibility index (Phi) is 6.97. The van der Waals surface area contributed by atoms with Gasteiger partial charge < -0.3 is 15.4 Å². The Bertz CT molecular complexity index is 783. The van der Waals surface area contributed by atoms with E-state index in [1.54, 1.807) is 18.2 Å². The summed E-state index contributed by atoms with van der Waals surface area (Å²) in [5.74, 6) is 0.388. The molecule has 0 spiro atoms. The third-order valence-electron chi connectivity index (χ3n) is 3.34. The average molecular weight is 352 g/mol. The number of ether oxygens (including phenoxy) is 1. The number of amides is 2. The van der Waals surface area contributed by atoms with Gasteiger partial charge in [0.1, 0.15) is 11.4 Å². The summed E-state index contributed by atoms with van der Waals surface area (Å²) in [5, 5.41) is 5.38. The highest BCUT2D eigenvalue weighted by Gasteiger charge is 2.12. The molecule has 0 bridgehead atoms. The number of carbonyl (C=O) groups excluding carboxylic acids is 2. The van der Waals surface area contributed by atoms with Gasteiger partial charge in [-0.3, -0.25) is 9.59 Å². The summed E-state index contributed by atoms with van der Waals surface area (Å²) in [5.41, 5.74) is 1.60. The molecular formula is C21H24N2O3. The molecule has 5 heteroatoms. The van der Waals surface area contributed by atoms with Crippen LogP contribution in [0, 0.1) is 5.92 Å². The van der Waals surface area contributed by atoms with Gasteiger partial charge in [0.15, 0.2) is 0 Å². The number of carbonyl (C=O) groups is 2. The van der Waals surface area contributed by atoms with Gasteiger partial charge >= 0.3 is 0 Å². The second-order valence-corrected chi connectivity index (χ2v) is 6.34. The Morgan fingerprint density at radius 1 is 1.08 bits per heavy atom. The molecule has 2 rings (SSSR count). The van der Waals surface area contributed by atoms with E-state index >= 15 is 0 Å². The SMILES string of the molecule is CC(=O)N/C(=C\c1ccccc1)C(=O)Nc1cccc(OCC(C)C)c1. The van der Waals surface area contributed by atoms with Gasteiger partial charge in [0.05, 0.1) is 6.61 Å². The highest BCUT2D eigenvalue weighted by atomic mass is 16.5. The minimum absolute atomic E-state index is 0.178. The quantitative estimate of drug-likeness (QED) is 0.744. The van der Waals surface area contributed by atoms with Crippen molar-refractivity contribution in [3.8, 4) is 5.75 Å². The molecule has 2 aromatic carbocycles. The van der Waals surface area contributed by atoms with Gasteiger partial charge in [-0.2, -0.15) is 0 Å². The number of nitrogens with one attached hydrogen (secondary N) is 2. The first-order valence-electron chi connectivity index (χ1n) is 8.52. The second-order valence-electron chi connectivity index (χ2n) is 6.34. The zero-order valence-corrected chi connectivity index (χ0v) is 15.3. The maximum atomic E-state index is 12.6. The first-order chi connectivity index (χ1) is 12.4. The summed E-state index contributed by atoms with van der Waals surface area (Å²) in [6, 6.07) is 16.5. The van der Waals surface area contributed by atoms with Gasteiger partial charge in [0.25, 0.3) is 5.91 Å². The van der Waals surface area contributed by atoms with Crippen LogP contribution >= 0.6 is 0 Å². The standard InChI is InChI=1S/C21H24N2O3/c1-15(2)14-26-19-11-7-10-18(13-19)23-21(25)20(22-16(3)24)12-17-8-5-4-6-9-17/h4-13,15H,14H2,1-3H3,(H,22,24)(H,23,25)/b20-12-. The molecule has 5 nitrogen and oxygen atoms in total. The molecule has 0 unspecified atom stereocenters. The van der Waals surface area contributed by atoms with Crippen LogP contribution in [-0.2, 0) is 9.59 Å². The van der Waals surface area contributed by atoms with Crippen molar-refractivity contribution in [2.24, 2.45) is 5.92 Å². The zero-order valence-electron chi connectivity index (χ0n) is 15.3. The van der Waals surface area contributed by atoms with Crippen molar-refractivity contribution in [3.63, 3.8) is 0 Å². The van der Waals surface area contributed by atoms with Crippen molar-refractivity contribution >= 4 is 23.6 Å². The van der Waals surface area contributed by atoms with Crippen LogP contribution in [0.3, 0.4) is 0 Å². The van der Waals surface area contributed by atoms with E-state index < -0.39 is 5.91 Å². The summed E-state index contributed by atoms with van der Waals surface area (Å²) >= 11 is 0. The molecule has 0 aliphatic carbocycles. The van der Waals surface area contributed by atoms with Crippen molar-refractivity contribution in [1.82, 2.24) is 5.32 Å². The third-order valence-corrected chi connectivity index (χ3v) is 3.34. The smallest absolute Gasteiger partial charge is 0.272 e. The van der Waals surface area contributed by atoms with Gasteiger partial charge in [-0.25, -0.2) is 0 Å². The molecule has 0 aliphatic heterocycles. The summed E-state index contributed by atoms with van der Waals surface area (Å²) < 4.78 is 5.67. The first kappa shape index (κ1) is 19.2. The van der Waals surface area contributed by atoms with Crippen molar-refractivity contribution < 1.29 is 14.3 Å². The molecule has 2 N–H and O–H groups in total. The predicted molar refractivity (Wildman–Crippen MR) is 104 cm³/mol. The van der Waals surface area contributed by atoms with Crippen molar-refractivity contribution in [2.75, 3.05) is 11.9 Å². The fourth-order valence-corrected chi connectivity index (χ4v) is 2.19. The van der Waals surface area contributed by atoms with E-state index in [0.717, 1.165) is 5.56 Å². The van der Waals surface area contributed by atoms with Crippen LogP contribution in [0.5, 0.6) is 5.75 Å². The number of anilines is 1. The largest absolute Gasteiger partial charge is 0.493 e. The number of benzene rings is 2. The molecule has 136 valence electrons. The Hall–Kier alpha value is -3.08. The van der Waals surface area contributed by atoms with Crippen LogP contribution in [0.2, 0.25) is 0 Å². The molecule has 0 saturated heterocycles. The maximum absolute atomic E-state index is 12.6. The summed E-state index contributed by atoms with van der Waals surface area (Å²) in [6.45, 7) is 6.11. The van der Waals surface area contributed by atoms with E-state index in [4.69, 9.17) is 4.74 Å². The molecule has 0 fully saturated rings. The van der Waals surface area contributed by atoms with E-state index in [2.05, 4.69) is 24.5 Å². The van der Waals surface area contributed by atoms with Crippen LogP contribution < -0.4 is 15.4 Å². The monoisotopic (exact) mass is 352 g/mol. The molecule has 26 heavy (non-hydrogen) atoms. The van der Waals surface area contributed by atoms with Crippen LogP contribution in [0.4, 0.5) is 5.69 Å². The molecule has 0 saturated carbocycles. The maximum Gasteiger partial charge on any atom is 0.272 e. The average Bonchev–Trinajstić information content (AvgIpc) is 2.60. The summed E-state index contributed by atoms with van der Waals surface area (Å²) in [6.07, 6.45) is 1.63. The highest BCUT2D eigenvalue weighted by Crippen LogP contribution is 2.19. The Morgan fingerprint density at radius 3 is 2.46 bits per heavy atom. The number of hydrogen-bond acceptors (Lipinski definition) is 3. The molecule has 2 amide bonds. The van der Waals surface area contributed by atoms with Crippen molar-refractivity contribution in [2.45, 2.75) is 20.8 Å². The molecule has 0 atom stereocenters. The molecule has 0 heterocycles. The molecule has 0 aromatic heterocycles. The lowest BCUT2D eigenvalue weighted by molar-refractivity contribution is -0.120. The molecule has 0 aliphatic rings. The molecular weight excluding hydrogens is 328 g/mol. The van der Waals surface area contributed by atoms with Gasteiger partial charge in [0, 0.05) is 18.7 Å². The number of hydrogen-bond donors (Lipinski definition) is 2. The van der Waals surface area contributed by atoms with Gasteiger partial charge in [-0.1, -0.05) is 50.2 Å². The predicted octanol–water partition coefficient (Wildman–Crippen LogP) is 3.84. The first-order valence-corrected chi connectivity index (χ1v) is 8.52. The lowest BCUT2D eigenvalue weighted by atomic mass is 10.2. The minimum atomic E-state index is -0.398. The molecule has 2 aromatic rings. The number of rotatable bonds is 7. The fourth-order valence-electron chi connectivity index (χ4n) is 2.19. The van der Waals surface area contributed by atoms with Crippen LogP contribution in [-0.4, -0.2) is 18.4 Å². The lowest BCUT2D eigenvalue weighted by Gasteiger charge is -2.12. The van der Waals surface area contributed by atoms with E-state index in [1.165, 1.54) is 6.92 Å². The van der Waals surface area contributed by atoms with Crippen LogP contribution in [0.25, 0.3) is 6.08 Å². The Labute approximate surface area is 154 Å². The van der Waals surface area contributed by atoms with Gasteiger partial charge in [-0.05, 0) is 29.7 Å². The minimum Gasteiger partial charge on any atom is -0.493 e. The van der Waals surface area contributed by atoms with E-state index in [0.29, 0.717) is 24.0 Å². The molecule has 0 radical (unpaired) electrons. The third kappa shape index (κ3) is 6.43. The topological polar surface area (TPSA) is 67.4 Å². The van der Waals surface area contributed by atoms with Crippen LogP contribution in [0.15, 0.2) is 60.3 Å².